The van der Waals surface area contributed by atoms with Crippen molar-refractivity contribution >= 4 is 17.8 Å². The van der Waals surface area contributed by atoms with Crippen LogP contribution < -0.4 is 0 Å². The number of carboxylic acid groups (broad SMARTS) is 1. The predicted octanol–water partition coefficient (Wildman–Crippen LogP) is 2.30. The van der Waals surface area contributed by atoms with E-state index in [1.165, 1.54) is 13.0 Å². The first kappa shape index (κ1) is 11.2. The van der Waals surface area contributed by atoms with E-state index < -0.39 is 5.97 Å². The standard InChI is InChI=1S/C12H12O3/c1-8-7-11(9(2)13)4-3-10(8)5-6-12(14)15/h3-7H,1-2H3,(H,14,15)/b6-5+. The van der Waals surface area contributed by atoms with E-state index in [1.54, 1.807) is 18.2 Å². The number of ketones is 1. The molecule has 0 fully saturated rings. The molecule has 0 unspecified atom stereocenters. The number of carboxylic acids is 1. The molecule has 3 heteroatoms. The lowest BCUT2D eigenvalue weighted by Gasteiger charge is -2.02. The summed E-state index contributed by atoms with van der Waals surface area (Å²) in [5.41, 5.74) is 2.34. The van der Waals surface area contributed by atoms with E-state index in [9.17, 15) is 9.59 Å². The summed E-state index contributed by atoms with van der Waals surface area (Å²) in [7, 11) is 0. The van der Waals surface area contributed by atoms with Crippen LogP contribution in [0.1, 0.15) is 28.4 Å². The van der Waals surface area contributed by atoms with Crippen molar-refractivity contribution in [3.05, 3.63) is 41.0 Å². The maximum absolute atomic E-state index is 11.1. The van der Waals surface area contributed by atoms with Crippen LogP contribution in [-0.4, -0.2) is 16.9 Å². The Kier molecular flexibility index (Phi) is 3.39. The summed E-state index contributed by atoms with van der Waals surface area (Å²) in [6.07, 6.45) is 2.59. The fourth-order valence-corrected chi connectivity index (χ4v) is 1.24. The molecule has 0 bridgehead atoms. The Morgan fingerprint density at radius 2 is 2.00 bits per heavy atom. The van der Waals surface area contributed by atoms with Gasteiger partial charge in [0, 0.05) is 11.6 Å². The predicted molar refractivity (Wildman–Crippen MR) is 57.9 cm³/mol. The molecule has 1 N–H and O–H groups in total. The highest BCUT2D eigenvalue weighted by atomic mass is 16.4. The molecule has 0 atom stereocenters. The summed E-state index contributed by atoms with van der Waals surface area (Å²) in [4.78, 5) is 21.4. The van der Waals surface area contributed by atoms with Crippen molar-refractivity contribution in [2.24, 2.45) is 0 Å². The number of aryl methyl sites for hydroxylation is 1. The van der Waals surface area contributed by atoms with Gasteiger partial charge in [0.25, 0.3) is 0 Å². The van der Waals surface area contributed by atoms with Crippen LogP contribution in [0, 0.1) is 6.92 Å². The smallest absolute Gasteiger partial charge is 0.328 e. The van der Waals surface area contributed by atoms with Gasteiger partial charge in [-0.05, 0) is 37.1 Å². The second-order valence-electron chi connectivity index (χ2n) is 3.30. The molecule has 0 spiro atoms. The van der Waals surface area contributed by atoms with E-state index in [0.717, 1.165) is 17.2 Å². The fourth-order valence-electron chi connectivity index (χ4n) is 1.24. The summed E-state index contributed by atoms with van der Waals surface area (Å²) in [5.74, 6) is -0.975. The normalized spacial score (nSPS) is 10.5. The summed E-state index contributed by atoms with van der Waals surface area (Å²) >= 11 is 0. The Balaban J connectivity index is 3.03. The lowest BCUT2D eigenvalue weighted by Crippen LogP contribution is -1.94. The summed E-state index contributed by atoms with van der Waals surface area (Å²) in [5, 5.41) is 8.47. The topological polar surface area (TPSA) is 54.4 Å². The van der Waals surface area contributed by atoms with E-state index in [2.05, 4.69) is 0 Å². The molecule has 0 aliphatic rings. The maximum atomic E-state index is 11.1. The van der Waals surface area contributed by atoms with Crippen LogP contribution in [0.25, 0.3) is 6.08 Å². The Morgan fingerprint density at radius 3 is 2.47 bits per heavy atom. The Hall–Kier alpha value is -1.90. The van der Waals surface area contributed by atoms with Crippen LogP contribution in [0.2, 0.25) is 0 Å². The first-order valence-corrected chi connectivity index (χ1v) is 4.53. The number of carbonyl (C=O) groups is 2. The van der Waals surface area contributed by atoms with Gasteiger partial charge >= 0.3 is 5.97 Å². The summed E-state index contributed by atoms with van der Waals surface area (Å²) < 4.78 is 0. The second-order valence-corrected chi connectivity index (χ2v) is 3.30. The minimum absolute atomic E-state index is 0.00636. The lowest BCUT2D eigenvalue weighted by molar-refractivity contribution is -0.131. The van der Waals surface area contributed by atoms with Gasteiger partial charge in [-0.15, -0.1) is 0 Å². The number of carbonyl (C=O) groups excluding carboxylic acids is 1. The second kappa shape index (κ2) is 4.55. The van der Waals surface area contributed by atoms with E-state index >= 15 is 0 Å². The summed E-state index contributed by atoms with van der Waals surface area (Å²) in [6, 6.07) is 5.19. The van der Waals surface area contributed by atoms with E-state index in [1.807, 2.05) is 6.92 Å². The van der Waals surface area contributed by atoms with E-state index in [-0.39, 0.29) is 5.78 Å². The average molecular weight is 204 g/mol. The van der Waals surface area contributed by atoms with Crippen molar-refractivity contribution in [1.82, 2.24) is 0 Å². The molecule has 0 aliphatic carbocycles. The molecule has 1 rings (SSSR count). The molecule has 3 nitrogen and oxygen atoms in total. The first-order chi connectivity index (χ1) is 7.00. The van der Waals surface area contributed by atoms with Gasteiger partial charge in [-0.3, -0.25) is 4.79 Å². The molecule has 1 aromatic rings. The zero-order valence-corrected chi connectivity index (χ0v) is 8.65. The van der Waals surface area contributed by atoms with Crippen LogP contribution >= 0.6 is 0 Å². The van der Waals surface area contributed by atoms with E-state index in [4.69, 9.17) is 5.11 Å². The fraction of sp³-hybridized carbons (Fsp3) is 0.167. The highest BCUT2D eigenvalue weighted by Crippen LogP contribution is 2.13. The van der Waals surface area contributed by atoms with Crippen molar-refractivity contribution in [2.45, 2.75) is 13.8 Å². The van der Waals surface area contributed by atoms with Gasteiger partial charge in [0.2, 0.25) is 0 Å². The third kappa shape index (κ3) is 3.06. The molecule has 0 heterocycles. The quantitative estimate of drug-likeness (QED) is 0.607. The van der Waals surface area contributed by atoms with Crippen molar-refractivity contribution in [3.63, 3.8) is 0 Å². The average Bonchev–Trinajstić information content (AvgIpc) is 2.15. The number of rotatable bonds is 3. The zero-order chi connectivity index (χ0) is 11.4. The Morgan fingerprint density at radius 1 is 1.33 bits per heavy atom. The molecule has 0 aromatic heterocycles. The van der Waals surface area contributed by atoms with Crippen molar-refractivity contribution in [3.8, 4) is 0 Å². The monoisotopic (exact) mass is 204 g/mol. The first-order valence-electron chi connectivity index (χ1n) is 4.53. The minimum Gasteiger partial charge on any atom is -0.478 e. The van der Waals surface area contributed by atoms with Gasteiger partial charge in [0.05, 0.1) is 0 Å². The Labute approximate surface area is 88.0 Å². The molecule has 0 radical (unpaired) electrons. The molecule has 0 saturated carbocycles. The van der Waals surface area contributed by atoms with Gasteiger partial charge in [-0.1, -0.05) is 12.1 Å². The molecule has 15 heavy (non-hydrogen) atoms. The molecular formula is C12H12O3. The lowest BCUT2D eigenvalue weighted by atomic mass is 10.0. The van der Waals surface area contributed by atoms with Gasteiger partial charge < -0.3 is 5.11 Å². The third-order valence-corrected chi connectivity index (χ3v) is 2.08. The van der Waals surface area contributed by atoms with Crippen LogP contribution in [-0.2, 0) is 4.79 Å². The molecule has 0 amide bonds. The number of benzene rings is 1. The number of aliphatic carboxylic acids is 1. The molecule has 78 valence electrons. The number of Topliss-reactive ketones (excluding diaryl/α,β-unsaturated/α-hetero) is 1. The summed E-state index contributed by atoms with van der Waals surface area (Å²) in [6.45, 7) is 3.34. The highest BCUT2D eigenvalue weighted by Gasteiger charge is 2.01. The molecular weight excluding hydrogens is 192 g/mol. The number of hydrogen-bond donors (Lipinski definition) is 1. The number of hydrogen-bond acceptors (Lipinski definition) is 2. The van der Waals surface area contributed by atoms with Gasteiger partial charge in [-0.2, -0.15) is 0 Å². The van der Waals surface area contributed by atoms with Crippen LogP contribution in [0.15, 0.2) is 24.3 Å². The van der Waals surface area contributed by atoms with Crippen molar-refractivity contribution in [1.29, 1.82) is 0 Å². The van der Waals surface area contributed by atoms with Crippen LogP contribution in [0.4, 0.5) is 0 Å². The third-order valence-electron chi connectivity index (χ3n) is 2.08. The van der Waals surface area contributed by atoms with Gasteiger partial charge in [0.1, 0.15) is 0 Å². The van der Waals surface area contributed by atoms with Gasteiger partial charge in [-0.25, -0.2) is 4.79 Å². The largest absolute Gasteiger partial charge is 0.478 e. The van der Waals surface area contributed by atoms with Crippen molar-refractivity contribution < 1.29 is 14.7 Å². The SMILES string of the molecule is CC(=O)c1ccc(/C=C/C(=O)O)c(C)c1. The minimum atomic E-state index is -0.981. The zero-order valence-electron chi connectivity index (χ0n) is 8.65. The molecule has 0 aliphatic heterocycles. The van der Waals surface area contributed by atoms with Crippen LogP contribution in [0.3, 0.4) is 0 Å². The van der Waals surface area contributed by atoms with Gasteiger partial charge in [0.15, 0.2) is 5.78 Å². The highest BCUT2D eigenvalue weighted by molar-refractivity contribution is 5.94. The van der Waals surface area contributed by atoms with Crippen molar-refractivity contribution in [2.75, 3.05) is 0 Å². The van der Waals surface area contributed by atoms with Crippen LogP contribution in [0.5, 0.6) is 0 Å². The maximum Gasteiger partial charge on any atom is 0.328 e. The molecule has 1 aromatic carbocycles. The molecule has 0 saturated heterocycles. The Bertz CT molecular complexity index is 430. The van der Waals surface area contributed by atoms with E-state index in [0.29, 0.717) is 5.56 Å².